The summed E-state index contributed by atoms with van der Waals surface area (Å²) < 4.78 is 6.20. The van der Waals surface area contributed by atoms with Gasteiger partial charge in [0.1, 0.15) is 18.5 Å². The second-order valence-electron chi connectivity index (χ2n) is 5.55. The smallest absolute Gasteiger partial charge is 0.120 e. The van der Waals surface area contributed by atoms with Crippen molar-refractivity contribution in [1.82, 2.24) is 0 Å². The fourth-order valence-electron chi connectivity index (χ4n) is 2.96. The molecule has 1 aromatic carbocycles. The van der Waals surface area contributed by atoms with E-state index in [0.717, 1.165) is 16.9 Å². The molecule has 108 valence electrons. The summed E-state index contributed by atoms with van der Waals surface area (Å²) >= 11 is 0. The molecule has 2 nitrogen and oxygen atoms in total. The highest BCUT2D eigenvalue weighted by molar-refractivity contribution is 5.44. The Bertz CT molecular complexity index is 496. The van der Waals surface area contributed by atoms with Crippen molar-refractivity contribution in [1.29, 1.82) is 0 Å². The predicted molar refractivity (Wildman–Crippen MR) is 81.8 cm³/mol. The maximum Gasteiger partial charge on any atom is 0.120 e. The fraction of sp³-hybridized carbons (Fsp3) is 0.556. The predicted octanol–water partition coefficient (Wildman–Crippen LogP) is 3.69. The number of ether oxygens (including phenoxy) is 1. The first-order valence-electron chi connectivity index (χ1n) is 7.61. The number of aliphatic hydroxyl groups excluding tert-OH is 1. The monoisotopic (exact) mass is 272 g/mol. The fourth-order valence-corrected chi connectivity index (χ4v) is 2.96. The van der Waals surface area contributed by atoms with Gasteiger partial charge < -0.3 is 9.84 Å². The molecule has 2 heteroatoms. The van der Waals surface area contributed by atoms with Crippen LogP contribution in [-0.2, 0) is 0 Å². The van der Waals surface area contributed by atoms with Crippen LogP contribution in [-0.4, -0.2) is 17.8 Å². The molecule has 0 radical (unpaired) electrons. The summed E-state index contributed by atoms with van der Waals surface area (Å²) in [5.74, 6) is 7.28. The molecule has 0 heterocycles. The molecule has 1 aliphatic carbocycles. The summed E-state index contributed by atoms with van der Waals surface area (Å²) in [4.78, 5) is 0. The van der Waals surface area contributed by atoms with Crippen molar-refractivity contribution in [3.63, 3.8) is 0 Å². The second kappa shape index (κ2) is 7.36. The maximum atomic E-state index is 8.75. The van der Waals surface area contributed by atoms with Gasteiger partial charge in [0.05, 0.1) is 0 Å². The average molecular weight is 272 g/mol. The van der Waals surface area contributed by atoms with E-state index < -0.39 is 0 Å². The van der Waals surface area contributed by atoms with Crippen LogP contribution < -0.4 is 4.74 Å². The zero-order chi connectivity index (χ0) is 14.4. The average Bonchev–Trinajstić information content (AvgIpc) is 2.47. The Hall–Kier alpha value is -1.46. The summed E-state index contributed by atoms with van der Waals surface area (Å²) in [6, 6.07) is 6.04. The van der Waals surface area contributed by atoms with Gasteiger partial charge in [0.25, 0.3) is 0 Å². The van der Waals surface area contributed by atoms with Crippen LogP contribution in [0.25, 0.3) is 0 Å². The number of aliphatic hydroxyl groups is 1. The van der Waals surface area contributed by atoms with Crippen molar-refractivity contribution in [2.24, 2.45) is 5.92 Å². The van der Waals surface area contributed by atoms with E-state index in [1.54, 1.807) is 0 Å². The molecule has 1 aliphatic rings. The van der Waals surface area contributed by atoms with Crippen molar-refractivity contribution in [3.05, 3.63) is 29.3 Å². The molecule has 1 saturated carbocycles. The molecule has 0 amide bonds. The highest BCUT2D eigenvalue weighted by Crippen LogP contribution is 2.31. The van der Waals surface area contributed by atoms with E-state index in [1.165, 1.54) is 32.1 Å². The third kappa shape index (κ3) is 3.77. The lowest BCUT2D eigenvalue weighted by Gasteiger charge is -2.31. The molecule has 2 rings (SSSR count). The Morgan fingerprint density at radius 1 is 1.30 bits per heavy atom. The van der Waals surface area contributed by atoms with Gasteiger partial charge in [0, 0.05) is 5.56 Å². The van der Waals surface area contributed by atoms with Gasteiger partial charge >= 0.3 is 0 Å². The van der Waals surface area contributed by atoms with Crippen molar-refractivity contribution in [3.8, 4) is 17.6 Å². The van der Waals surface area contributed by atoms with Crippen LogP contribution >= 0.6 is 0 Å². The lowest BCUT2D eigenvalue weighted by molar-refractivity contribution is 0.0903. The first kappa shape index (κ1) is 14.9. The van der Waals surface area contributed by atoms with Gasteiger partial charge in [0.15, 0.2) is 0 Å². The Balaban J connectivity index is 2.07. The van der Waals surface area contributed by atoms with E-state index in [9.17, 15) is 0 Å². The normalized spacial score (nSPS) is 21.9. The molecular weight excluding hydrogens is 248 g/mol. The lowest BCUT2D eigenvalue weighted by atomic mass is 9.85. The minimum Gasteiger partial charge on any atom is -0.490 e. The van der Waals surface area contributed by atoms with Crippen LogP contribution in [0.1, 0.15) is 50.2 Å². The number of hydrogen-bond acceptors (Lipinski definition) is 2. The number of rotatable bonds is 3. The van der Waals surface area contributed by atoms with Gasteiger partial charge in [-0.25, -0.2) is 0 Å². The molecule has 0 aromatic heterocycles. The molecule has 0 spiro atoms. The third-order valence-corrected chi connectivity index (χ3v) is 4.15. The van der Waals surface area contributed by atoms with Crippen molar-refractivity contribution < 1.29 is 9.84 Å². The quantitative estimate of drug-likeness (QED) is 0.850. The van der Waals surface area contributed by atoms with E-state index >= 15 is 0 Å². The van der Waals surface area contributed by atoms with Crippen LogP contribution in [0.2, 0.25) is 0 Å². The third-order valence-electron chi connectivity index (χ3n) is 4.15. The highest BCUT2D eigenvalue weighted by atomic mass is 16.5. The molecule has 1 N–H and O–H groups in total. The van der Waals surface area contributed by atoms with E-state index in [4.69, 9.17) is 9.84 Å². The zero-order valence-electron chi connectivity index (χ0n) is 12.5. The maximum absolute atomic E-state index is 8.75. The summed E-state index contributed by atoms with van der Waals surface area (Å²) in [6.07, 6.45) is 6.64. The Morgan fingerprint density at radius 2 is 2.10 bits per heavy atom. The SMILES string of the molecule is CCC1CCCCC1Oc1ccc(C#CCO)c(C)c1. The molecule has 1 aromatic rings. The van der Waals surface area contributed by atoms with Gasteiger partial charge in [-0.15, -0.1) is 0 Å². The molecular formula is C18H24O2. The molecule has 0 aliphatic heterocycles. The van der Waals surface area contributed by atoms with Gasteiger partial charge in [0.2, 0.25) is 0 Å². The Labute approximate surface area is 122 Å². The lowest BCUT2D eigenvalue weighted by Crippen LogP contribution is -2.29. The number of aryl methyl sites for hydroxylation is 1. The van der Waals surface area contributed by atoms with Gasteiger partial charge in [-0.2, -0.15) is 0 Å². The summed E-state index contributed by atoms with van der Waals surface area (Å²) in [6.45, 7) is 4.19. The van der Waals surface area contributed by atoms with Crippen molar-refractivity contribution >= 4 is 0 Å². The van der Waals surface area contributed by atoms with Gasteiger partial charge in [-0.1, -0.05) is 25.2 Å². The molecule has 0 bridgehead atoms. The number of benzene rings is 1. The first-order chi connectivity index (χ1) is 9.74. The van der Waals surface area contributed by atoms with Crippen LogP contribution in [0.15, 0.2) is 18.2 Å². The van der Waals surface area contributed by atoms with E-state index in [1.807, 2.05) is 19.1 Å². The molecule has 2 unspecified atom stereocenters. The van der Waals surface area contributed by atoms with Gasteiger partial charge in [-0.05, 0) is 62.3 Å². The summed E-state index contributed by atoms with van der Waals surface area (Å²) in [5.41, 5.74) is 2.06. The highest BCUT2D eigenvalue weighted by Gasteiger charge is 2.25. The first-order valence-corrected chi connectivity index (χ1v) is 7.61. The van der Waals surface area contributed by atoms with Crippen LogP contribution in [0.5, 0.6) is 5.75 Å². The summed E-state index contributed by atoms with van der Waals surface area (Å²) in [7, 11) is 0. The van der Waals surface area contributed by atoms with Crippen LogP contribution in [0.3, 0.4) is 0 Å². The largest absolute Gasteiger partial charge is 0.490 e. The molecule has 0 saturated heterocycles. The van der Waals surface area contributed by atoms with Crippen LogP contribution in [0, 0.1) is 24.7 Å². The Kier molecular flexibility index (Phi) is 5.49. The summed E-state index contributed by atoms with van der Waals surface area (Å²) in [5, 5.41) is 8.75. The second-order valence-corrected chi connectivity index (χ2v) is 5.55. The zero-order valence-corrected chi connectivity index (χ0v) is 12.5. The van der Waals surface area contributed by atoms with Crippen LogP contribution in [0.4, 0.5) is 0 Å². The van der Waals surface area contributed by atoms with Crippen molar-refractivity contribution in [2.75, 3.05) is 6.61 Å². The van der Waals surface area contributed by atoms with E-state index in [2.05, 4.69) is 24.8 Å². The standard InChI is InChI=1S/C18H24O2/c1-3-15-7-4-5-9-18(15)20-17-11-10-16(8-6-12-19)14(2)13-17/h10-11,13,15,18-19H,3-5,7,9,12H2,1-2H3. The minimum atomic E-state index is -0.0993. The molecule has 1 fully saturated rings. The Morgan fingerprint density at radius 3 is 2.80 bits per heavy atom. The minimum absolute atomic E-state index is 0.0993. The topological polar surface area (TPSA) is 29.5 Å². The van der Waals surface area contributed by atoms with Crippen molar-refractivity contribution in [2.45, 2.75) is 52.1 Å². The molecule has 2 atom stereocenters. The molecule has 20 heavy (non-hydrogen) atoms. The van der Waals surface area contributed by atoms with E-state index in [-0.39, 0.29) is 6.61 Å². The van der Waals surface area contributed by atoms with E-state index in [0.29, 0.717) is 12.0 Å². The number of hydrogen-bond donors (Lipinski definition) is 1. The van der Waals surface area contributed by atoms with Gasteiger partial charge in [-0.3, -0.25) is 0 Å².